The molecule has 0 saturated carbocycles. The van der Waals surface area contributed by atoms with Crippen molar-refractivity contribution in [3.8, 4) is 0 Å². The summed E-state index contributed by atoms with van der Waals surface area (Å²) in [6.45, 7) is 1.55. The lowest BCUT2D eigenvalue weighted by atomic mass is 10.2. The molecule has 0 aromatic heterocycles. The van der Waals surface area contributed by atoms with Crippen molar-refractivity contribution in [1.82, 2.24) is 0 Å². The van der Waals surface area contributed by atoms with Crippen LogP contribution >= 0.6 is 0 Å². The standard InChI is InChI=1S/C12H21O2/c1-13-11-9-7-5-3-4-6-8-10-12-14-2/h3-5,8,10H,6-7,9,11-12H2,1-2H3. The van der Waals surface area contributed by atoms with E-state index in [0.717, 1.165) is 25.9 Å². The summed E-state index contributed by atoms with van der Waals surface area (Å²) in [5, 5.41) is 0. The van der Waals surface area contributed by atoms with Crippen LogP contribution in [0.1, 0.15) is 19.3 Å². The summed E-state index contributed by atoms with van der Waals surface area (Å²) in [5.41, 5.74) is 0. The maximum atomic E-state index is 4.94. The number of methoxy groups -OCH3 is 2. The van der Waals surface area contributed by atoms with E-state index in [9.17, 15) is 0 Å². The Morgan fingerprint density at radius 3 is 2.57 bits per heavy atom. The van der Waals surface area contributed by atoms with Gasteiger partial charge in [-0.15, -0.1) is 0 Å². The molecule has 0 aromatic rings. The highest BCUT2D eigenvalue weighted by atomic mass is 16.5. The SMILES string of the molecule is COCC=CC[CH]C=CCCCOC. The quantitative estimate of drug-likeness (QED) is 0.418. The molecule has 0 N–H and O–H groups in total. The first-order chi connectivity index (χ1) is 6.91. The summed E-state index contributed by atoms with van der Waals surface area (Å²) in [5.74, 6) is 0. The van der Waals surface area contributed by atoms with Crippen LogP contribution in [-0.4, -0.2) is 27.4 Å². The number of ether oxygens (including phenoxy) is 2. The van der Waals surface area contributed by atoms with Crippen molar-refractivity contribution in [2.24, 2.45) is 0 Å². The Morgan fingerprint density at radius 1 is 1.00 bits per heavy atom. The fourth-order valence-corrected chi connectivity index (χ4v) is 0.956. The first kappa shape index (κ1) is 13.4. The molecule has 2 nitrogen and oxygen atoms in total. The molecular formula is C12H21O2. The van der Waals surface area contributed by atoms with Crippen LogP contribution < -0.4 is 0 Å². The van der Waals surface area contributed by atoms with E-state index in [1.807, 2.05) is 6.08 Å². The van der Waals surface area contributed by atoms with Crippen LogP contribution in [-0.2, 0) is 9.47 Å². The van der Waals surface area contributed by atoms with Gasteiger partial charge in [-0.05, 0) is 25.7 Å². The zero-order chi connectivity index (χ0) is 10.5. The van der Waals surface area contributed by atoms with Gasteiger partial charge in [-0.2, -0.15) is 0 Å². The lowest BCUT2D eigenvalue weighted by molar-refractivity contribution is 0.196. The average molecular weight is 197 g/mol. The summed E-state index contributed by atoms with van der Waals surface area (Å²) in [6.07, 6.45) is 13.7. The van der Waals surface area contributed by atoms with E-state index in [0.29, 0.717) is 6.61 Å². The Balaban J connectivity index is 3.10. The van der Waals surface area contributed by atoms with Gasteiger partial charge in [0.05, 0.1) is 6.61 Å². The molecule has 2 heteroatoms. The molecule has 0 aliphatic heterocycles. The molecule has 0 atom stereocenters. The monoisotopic (exact) mass is 197 g/mol. The van der Waals surface area contributed by atoms with Crippen LogP contribution in [0.2, 0.25) is 0 Å². The largest absolute Gasteiger partial charge is 0.385 e. The molecule has 0 bridgehead atoms. The molecule has 0 unspecified atom stereocenters. The predicted molar refractivity (Wildman–Crippen MR) is 60.2 cm³/mol. The average Bonchev–Trinajstić information content (AvgIpc) is 2.21. The molecule has 0 saturated heterocycles. The highest BCUT2D eigenvalue weighted by Crippen LogP contribution is 1.95. The Bertz CT molecular complexity index is 150. The van der Waals surface area contributed by atoms with Crippen molar-refractivity contribution in [3.05, 3.63) is 30.7 Å². The normalized spacial score (nSPS) is 11.9. The zero-order valence-corrected chi connectivity index (χ0v) is 9.24. The zero-order valence-electron chi connectivity index (χ0n) is 9.24. The van der Waals surface area contributed by atoms with Gasteiger partial charge in [0, 0.05) is 20.8 Å². The van der Waals surface area contributed by atoms with Gasteiger partial charge in [0.2, 0.25) is 0 Å². The summed E-state index contributed by atoms with van der Waals surface area (Å²) in [6, 6.07) is 0. The van der Waals surface area contributed by atoms with Crippen molar-refractivity contribution in [3.63, 3.8) is 0 Å². The van der Waals surface area contributed by atoms with Gasteiger partial charge in [-0.1, -0.05) is 24.3 Å². The topological polar surface area (TPSA) is 18.5 Å². The molecule has 0 aliphatic rings. The summed E-state index contributed by atoms with van der Waals surface area (Å²) < 4.78 is 9.83. The van der Waals surface area contributed by atoms with E-state index in [4.69, 9.17) is 9.47 Å². The van der Waals surface area contributed by atoms with Crippen molar-refractivity contribution in [2.45, 2.75) is 19.3 Å². The van der Waals surface area contributed by atoms with Gasteiger partial charge in [-0.3, -0.25) is 0 Å². The molecular weight excluding hydrogens is 176 g/mol. The van der Waals surface area contributed by atoms with Gasteiger partial charge in [0.25, 0.3) is 0 Å². The summed E-state index contributed by atoms with van der Waals surface area (Å²) >= 11 is 0. The molecule has 14 heavy (non-hydrogen) atoms. The first-order valence-corrected chi connectivity index (χ1v) is 5.03. The molecule has 0 rings (SSSR count). The minimum Gasteiger partial charge on any atom is -0.385 e. The number of unbranched alkanes of at least 4 members (excludes halogenated alkanes) is 2. The van der Waals surface area contributed by atoms with Crippen LogP contribution in [0.4, 0.5) is 0 Å². The molecule has 81 valence electrons. The van der Waals surface area contributed by atoms with Gasteiger partial charge < -0.3 is 9.47 Å². The minimum absolute atomic E-state index is 0.700. The highest BCUT2D eigenvalue weighted by molar-refractivity contribution is 4.99. The molecule has 0 heterocycles. The molecule has 0 spiro atoms. The smallest absolute Gasteiger partial charge is 0.0643 e. The Labute approximate surface area is 87.6 Å². The molecule has 0 fully saturated rings. The maximum absolute atomic E-state index is 4.94. The highest BCUT2D eigenvalue weighted by Gasteiger charge is 1.81. The third-order valence-electron chi connectivity index (χ3n) is 1.69. The second kappa shape index (κ2) is 12.4. The molecule has 0 amide bonds. The van der Waals surface area contributed by atoms with Crippen LogP contribution in [0.5, 0.6) is 0 Å². The molecule has 1 radical (unpaired) electrons. The van der Waals surface area contributed by atoms with Gasteiger partial charge in [0.15, 0.2) is 0 Å². The minimum atomic E-state index is 0.700. The first-order valence-electron chi connectivity index (χ1n) is 5.03. The van der Waals surface area contributed by atoms with E-state index < -0.39 is 0 Å². The van der Waals surface area contributed by atoms with Gasteiger partial charge >= 0.3 is 0 Å². The maximum Gasteiger partial charge on any atom is 0.0643 e. The van der Waals surface area contributed by atoms with Gasteiger partial charge in [-0.25, -0.2) is 0 Å². The Kier molecular flexibility index (Phi) is 11.9. The fourth-order valence-electron chi connectivity index (χ4n) is 0.956. The predicted octanol–water partition coefficient (Wildman–Crippen LogP) is 2.77. The van der Waals surface area contributed by atoms with Crippen molar-refractivity contribution in [2.75, 3.05) is 27.4 Å². The van der Waals surface area contributed by atoms with E-state index >= 15 is 0 Å². The van der Waals surface area contributed by atoms with Crippen molar-refractivity contribution in [1.29, 1.82) is 0 Å². The van der Waals surface area contributed by atoms with E-state index in [-0.39, 0.29) is 0 Å². The molecule has 0 aromatic carbocycles. The van der Waals surface area contributed by atoms with Crippen LogP contribution in [0.25, 0.3) is 0 Å². The lowest BCUT2D eigenvalue weighted by Gasteiger charge is -1.93. The van der Waals surface area contributed by atoms with Crippen LogP contribution in [0.3, 0.4) is 0 Å². The second-order valence-corrected chi connectivity index (χ2v) is 2.96. The third-order valence-corrected chi connectivity index (χ3v) is 1.69. The number of rotatable bonds is 9. The van der Waals surface area contributed by atoms with E-state index in [1.54, 1.807) is 14.2 Å². The Morgan fingerprint density at radius 2 is 1.86 bits per heavy atom. The van der Waals surface area contributed by atoms with Crippen LogP contribution in [0, 0.1) is 6.42 Å². The number of hydrogen-bond acceptors (Lipinski definition) is 2. The van der Waals surface area contributed by atoms with Gasteiger partial charge in [0.1, 0.15) is 0 Å². The molecule has 0 aliphatic carbocycles. The van der Waals surface area contributed by atoms with E-state index in [2.05, 4.69) is 24.6 Å². The van der Waals surface area contributed by atoms with Crippen molar-refractivity contribution >= 4 is 0 Å². The summed E-state index contributed by atoms with van der Waals surface area (Å²) in [4.78, 5) is 0. The van der Waals surface area contributed by atoms with E-state index in [1.165, 1.54) is 0 Å². The fraction of sp³-hybridized carbons (Fsp3) is 0.583. The number of allylic oxidation sites excluding steroid dienone is 3. The number of hydrogen-bond donors (Lipinski definition) is 0. The third kappa shape index (κ3) is 11.4. The summed E-state index contributed by atoms with van der Waals surface area (Å²) in [7, 11) is 3.43. The van der Waals surface area contributed by atoms with Crippen molar-refractivity contribution < 1.29 is 9.47 Å². The second-order valence-electron chi connectivity index (χ2n) is 2.96. The van der Waals surface area contributed by atoms with Crippen LogP contribution in [0.15, 0.2) is 24.3 Å². The Hall–Kier alpha value is -0.600. The lowest BCUT2D eigenvalue weighted by Crippen LogP contribution is -1.85.